The molecular weight excluding hydrogens is 250 g/mol. The van der Waals surface area contributed by atoms with Gasteiger partial charge in [-0.15, -0.1) is 0 Å². The minimum absolute atomic E-state index is 0.240. The molecular formula is C17H23NO2. The van der Waals surface area contributed by atoms with E-state index in [4.69, 9.17) is 4.74 Å². The van der Waals surface area contributed by atoms with Crippen LogP contribution in [0.4, 0.5) is 0 Å². The van der Waals surface area contributed by atoms with Gasteiger partial charge in [-0.1, -0.05) is 18.2 Å². The van der Waals surface area contributed by atoms with Crippen LogP contribution in [0.1, 0.15) is 48.9 Å². The van der Waals surface area contributed by atoms with Gasteiger partial charge in [0.05, 0.1) is 5.56 Å². The molecule has 1 aliphatic rings. The summed E-state index contributed by atoms with van der Waals surface area (Å²) in [5.74, 6) is -0.240. The standard InChI is InChI=1S/C17H23NO2/c1-12-10-15(16(19)20-17(3,4)5)13(2)18(12)11-14-8-6-7-9-14/h6-8,10H,9,11H2,1-5H3. The first-order valence-corrected chi connectivity index (χ1v) is 7.02. The quantitative estimate of drug-likeness (QED) is 0.781. The van der Waals surface area contributed by atoms with Crippen LogP contribution in [0.25, 0.3) is 0 Å². The van der Waals surface area contributed by atoms with Crippen LogP contribution < -0.4 is 0 Å². The lowest BCUT2D eigenvalue weighted by Gasteiger charge is -2.19. The van der Waals surface area contributed by atoms with E-state index in [1.807, 2.05) is 40.7 Å². The summed E-state index contributed by atoms with van der Waals surface area (Å²) in [4.78, 5) is 12.2. The number of carbonyl (C=O) groups is 1. The smallest absolute Gasteiger partial charge is 0.340 e. The molecule has 1 aliphatic carbocycles. The summed E-state index contributed by atoms with van der Waals surface area (Å²) in [6, 6.07) is 1.92. The number of aryl methyl sites for hydroxylation is 1. The van der Waals surface area contributed by atoms with E-state index in [2.05, 4.69) is 22.8 Å². The van der Waals surface area contributed by atoms with Gasteiger partial charge in [-0.3, -0.25) is 0 Å². The number of ether oxygens (including phenoxy) is 1. The summed E-state index contributed by atoms with van der Waals surface area (Å²) >= 11 is 0. The summed E-state index contributed by atoms with van der Waals surface area (Å²) in [7, 11) is 0. The molecule has 0 unspecified atom stereocenters. The van der Waals surface area contributed by atoms with Crippen molar-refractivity contribution in [2.45, 2.75) is 53.2 Å². The van der Waals surface area contributed by atoms with Gasteiger partial charge in [-0.05, 0) is 52.7 Å². The third kappa shape index (κ3) is 3.21. The lowest BCUT2D eigenvalue weighted by atomic mass is 10.2. The van der Waals surface area contributed by atoms with Crippen LogP contribution >= 0.6 is 0 Å². The Kier molecular flexibility index (Phi) is 3.89. The van der Waals surface area contributed by atoms with Gasteiger partial charge in [0.15, 0.2) is 0 Å². The minimum Gasteiger partial charge on any atom is -0.456 e. The average Bonchev–Trinajstić information content (AvgIpc) is 2.90. The summed E-state index contributed by atoms with van der Waals surface area (Å²) in [5, 5.41) is 0. The maximum absolute atomic E-state index is 12.2. The zero-order valence-electron chi connectivity index (χ0n) is 13.0. The van der Waals surface area contributed by atoms with Crippen molar-refractivity contribution in [2.24, 2.45) is 0 Å². The Balaban J connectivity index is 2.22. The predicted molar refractivity (Wildman–Crippen MR) is 80.9 cm³/mol. The molecule has 1 aromatic rings. The summed E-state index contributed by atoms with van der Waals surface area (Å²) in [6.07, 6.45) is 7.38. The van der Waals surface area contributed by atoms with E-state index in [9.17, 15) is 4.79 Å². The van der Waals surface area contributed by atoms with E-state index < -0.39 is 5.60 Å². The molecule has 3 nitrogen and oxygen atoms in total. The molecule has 108 valence electrons. The fourth-order valence-electron chi connectivity index (χ4n) is 2.40. The molecule has 0 spiro atoms. The van der Waals surface area contributed by atoms with Crippen LogP contribution in [-0.4, -0.2) is 16.1 Å². The number of nitrogens with zero attached hydrogens (tertiary/aromatic N) is 1. The molecule has 3 heteroatoms. The third-order valence-corrected chi connectivity index (χ3v) is 3.40. The number of aromatic nitrogens is 1. The molecule has 0 radical (unpaired) electrons. The van der Waals surface area contributed by atoms with Gasteiger partial charge in [0.2, 0.25) is 0 Å². The molecule has 20 heavy (non-hydrogen) atoms. The monoisotopic (exact) mass is 273 g/mol. The highest BCUT2D eigenvalue weighted by molar-refractivity contribution is 5.91. The molecule has 0 bridgehead atoms. The fourth-order valence-corrected chi connectivity index (χ4v) is 2.40. The van der Waals surface area contributed by atoms with E-state index in [-0.39, 0.29) is 5.97 Å². The van der Waals surface area contributed by atoms with Crippen molar-refractivity contribution < 1.29 is 9.53 Å². The van der Waals surface area contributed by atoms with Crippen molar-refractivity contribution in [1.29, 1.82) is 0 Å². The van der Waals surface area contributed by atoms with Gasteiger partial charge in [0.25, 0.3) is 0 Å². The van der Waals surface area contributed by atoms with Crippen molar-refractivity contribution >= 4 is 5.97 Å². The van der Waals surface area contributed by atoms with E-state index in [0.29, 0.717) is 5.56 Å². The Hall–Kier alpha value is -1.77. The molecule has 0 aromatic carbocycles. The van der Waals surface area contributed by atoms with Crippen LogP contribution in [0.5, 0.6) is 0 Å². The molecule has 0 N–H and O–H groups in total. The Labute approximate surface area is 120 Å². The lowest BCUT2D eigenvalue weighted by molar-refractivity contribution is 0.00686. The Morgan fingerprint density at radius 2 is 2.05 bits per heavy atom. The first-order valence-electron chi connectivity index (χ1n) is 7.02. The topological polar surface area (TPSA) is 31.2 Å². The molecule has 0 amide bonds. The Bertz CT molecular complexity index is 583. The van der Waals surface area contributed by atoms with Crippen molar-refractivity contribution in [3.63, 3.8) is 0 Å². The van der Waals surface area contributed by atoms with Crippen LogP contribution in [0.2, 0.25) is 0 Å². The van der Waals surface area contributed by atoms with Crippen LogP contribution in [0, 0.1) is 13.8 Å². The van der Waals surface area contributed by atoms with Crippen molar-refractivity contribution in [3.05, 3.63) is 46.8 Å². The second-order valence-corrected chi connectivity index (χ2v) is 6.33. The minimum atomic E-state index is -0.461. The van der Waals surface area contributed by atoms with Gasteiger partial charge in [-0.2, -0.15) is 0 Å². The molecule has 0 aliphatic heterocycles. The van der Waals surface area contributed by atoms with Crippen LogP contribution in [0.3, 0.4) is 0 Å². The highest BCUT2D eigenvalue weighted by atomic mass is 16.6. The second kappa shape index (κ2) is 5.31. The molecule has 0 saturated carbocycles. The number of rotatable bonds is 3. The summed E-state index contributed by atoms with van der Waals surface area (Å²) in [5.41, 5.74) is 3.64. The van der Waals surface area contributed by atoms with E-state index in [1.165, 1.54) is 5.57 Å². The lowest BCUT2D eigenvalue weighted by Crippen LogP contribution is -2.24. The molecule has 2 rings (SSSR count). The predicted octanol–water partition coefficient (Wildman–Crippen LogP) is 3.95. The van der Waals surface area contributed by atoms with Crippen molar-refractivity contribution in [1.82, 2.24) is 4.57 Å². The number of hydrogen-bond donors (Lipinski definition) is 0. The fraction of sp³-hybridized carbons (Fsp3) is 0.471. The molecule has 1 aromatic heterocycles. The van der Waals surface area contributed by atoms with Gasteiger partial charge < -0.3 is 9.30 Å². The van der Waals surface area contributed by atoms with Gasteiger partial charge in [0, 0.05) is 17.9 Å². The highest BCUT2D eigenvalue weighted by Crippen LogP contribution is 2.22. The molecule has 0 fully saturated rings. The molecule has 0 saturated heterocycles. The number of allylic oxidation sites excluding steroid dienone is 4. The number of esters is 1. The Morgan fingerprint density at radius 1 is 1.35 bits per heavy atom. The largest absolute Gasteiger partial charge is 0.456 e. The molecule has 1 heterocycles. The number of hydrogen-bond acceptors (Lipinski definition) is 2. The number of carbonyl (C=O) groups excluding carboxylic acids is 1. The zero-order valence-corrected chi connectivity index (χ0v) is 13.0. The van der Waals surface area contributed by atoms with Crippen LogP contribution in [-0.2, 0) is 11.3 Å². The van der Waals surface area contributed by atoms with E-state index in [1.54, 1.807) is 0 Å². The van der Waals surface area contributed by atoms with Crippen LogP contribution in [0.15, 0.2) is 29.9 Å². The third-order valence-electron chi connectivity index (χ3n) is 3.40. The average molecular weight is 273 g/mol. The SMILES string of the molecule is Cc1cc(C(=O)OC(C)(C)C)c(C)n1CC1=CC=CC1. The first kappa shape index (κ1) is 14.6. The van der Waals surface area contributed by atoms with Crippen molar-refractivity contribution in [2.75, 3.05) is 0 Å². The summed E-state index contributed by atoms with van der Waals surface area (Å²) in [6.45, 7) is 10.5. The molecule has 0 atom stereocenters. The second-order valence-electron chi connectivity index (χ2n) is 6.33. The van der Waals surface area contributed by atoms with E-state index in [0.717, 1.165) is 24.4 Å². The summed E-state index contributed by atoms with van der Waals surface area (Å²) < 4.78 is 7.64. The van der Waals surface area contributed by atoms with Crippen molar-refractivity contribution in [3.8, 4) is 0 Å². The maximum atomic E-state index is 12.2. The van der Waals surface area contributed by atoms with Gasteiger partial charge in [0.1, 0.15) is 5.60 Å². The Morgan fingerprint density at radius 3 is 2.60 bits per heavy atom. The normalized spacial score (nSPS) is 14.6. The van der Waals surface area contributed by atoms with E-state index >= 15 is 0 Å². The zero-order chi connectivity index (χ0) is 14.9. The highest BCUT2D eigenvalue weighted by Gasteiger charge is 2.22. The van der Waals surface area contributed by atoms with Gasteiger partial charge in [-0.25, -0.2) is 4.79 Å². The maximum Gasteiger partial charge on any atom is 0.340 e. The van der Waals surface area contributed by atoms with Gasteiger partial charge >= 0.3 is 5.97 Å². The first-order chi connectivity index (χ1) is 9.28.